The molecule has 0 radical (unpaired) electrons. The van der Waals surface area contributed by atoms with E-state index < -0.39 is 0 Å². The van der Waals surface area contributed by atoms with Crippen LogP contribution in [0, 0.1) is 5.92 Å². The number of pyridine rings is 1. The zero-order valence-corrected chi connectivity index (χ0v) is 15.5. The number of hydrogen-bond donors (Lipinski definition) is 1. The molecule has 24 heavy (non-hydrogen) atoms. The van der Waals surface area contributed by atoms with Crippen molar-refractivity contribution in [2.24, 2.45) is 5.92 Å². The van der Waals surface area contributed by atoms with Gasteiger partial charge in [-0.15, -0.1) is 5.10 Å². The topological polar surface area (TPSA) is 85.6 Å². The summed E-state index contributed by atoms with van der Waals surface area (Å²) in [6.07, 6.45) is 3.46. The number of hydrogen-bond acceptors (Lipinski definition) is 6. The summed E-state index contributed by atoms with van der Waals surface area (Å²) in [7, 11) is 0. The fourth-order valence-corrected chi connectivity index (χ4v) is 3.26. The number of carbonyl (C=O) groups excluding carboxylic acids is 1. The molecule has 0 spiro atoms. The van der Waals surface area contributed by atoms with Crippen molar-refractivity contribution in [3.63, 3.8) is 0 Å². The van der Waals surface area contributed by atoms with Gasteiger partial charge in [-0.1, -0.05) is 31.7 Å². The van der Waals surface area contributed by atoms with Crippen LogP contribution in [0.1, 0.15) is 40.2 Å². The summed E-state index contributed by atoms with van der Waals surface area (Å²) in [6, 6.07) is 3.79. The molecule has 0 aliphatic heterocycles. The van der Waals surface area contributed by atoms with Gasteiger partial charge < -0.3 is 5.32 Å². The quantitative estimate of drug-likeness (QED) is 0.806. The van der Waals surface area contributed by atoms with Gasteiger partial charge in [0, 0.05) is 18.9 Å². The molecule has 0 aromatic carbocycles. The predicted octanol–water partition coefficient (Wildman–Crippen LogP) is 2.26. The van der Waals surface area contributed by atoms with Crippen molar-refractivity contribution in [2.75, 3.05) is 0 Å². The first-order chi connectivity index (χ1) is 11.3. The Bertz CT molecular complexity index is 665. The van der Waals surface area contributed by atoms with E-state index in [1.54, 1.807) is 17.1 Å². The largest absolute Gasteiger partial charge is 0.351 e. The van der Waals surface area contributed by atoms with Gasteiger partial charge in [0.15, 0.2) is 0 Å². The summed E-state index contributed by atoms with van der Waals surface area (Å²) < 4.78 is 1.75. The van der Waals surface area contributed by atoms with Crippen LogP contribution in [0.15, 0.2) is 29.7 Å². The molecule has 0 aliphatic rings. The summed E-state index contributed by atoms with van der Waals surface area (Å²) in [5.41, 5.74) is 0.734. The average Bonchev–Trinajstić information content (AvgIpc) is 2.99. The zero-order valence-electron chi connectivity index (χ0n) is 14.7. The molecule has 2 rings (SSSR count). The zero-order chi connectivity index (χ0) is 17.7. The number of tetrazole rings is 1. The molecule has 1 unspecified atom stereocenters. The van der Waals surface area contributed by atoms with E-state index in [0.29, 0.717) is 11.7 Å². The highest BCUT2D eigenvalue weighted by Crippen LogP contribution is 2.29. The van der Waals surface area contributed by atoms with Crippen molar-refractivity contribution in [2.45, 2.75) is 57.1 Å². The van der Waals surface area contributed by atoms with Crippen molar-refractivity contribution in [1.29, 1.82) is 0 Å². The van der Waals surface area contributed by atoms with Crippen LogP contribution in [0.3, 0.4) is 0 Å². The lowest BCUT2D eigenvalue weighted by atomic mass is 10.1. The number of nitrogens with one attached hydrogen (secondary N) is 1. The molecule has 2 aromatic rings. The van der Waals surface area contributed by atoms with Gasteiger partial charge in [-0.3, -0.25) is 9.78 Å². The van der Waals surface area contributed by atoms with Crippen LogP contribution in [-0.4, -0.2) is 36.3 Å². The maximum absolute atomic E-state index is 12.6. The van der Waals surface area contributed by atoms with Crippen LogP contribution in [0.2, 0.25) is 0 Å². The molecule has 1 atom stereocenters. The second-order valence-corrected chi connectivity index (χ2v) is 8.01. The molecule has 2 aromatic heterocycles. The molecule has 0 saturated heterocycles. The molecular formula is C16H24N6OS. The maximum Gasteiger partial charge on any atom is 0.234 e. The number of amides is 1. The highest BCUT2D eigenvalue weighted by molar-refractivity contribution is 8.00. The second-order valence-electron chi connectivity index (χ2n) is 6.91. The second kappa shape index (κ2) is 7.74. The Morgan fingerprint density at radius 2 is 2.12 bits per heavy atom. The minimum atomic E-state index is -0.270. The van der Waals surface area contributed by atoms with E-state index in [1.165, 1.54) is 11.8 Å². The van der Waals surface area contributed by atoms with Gasteiger partial charge in [-0.25, -0.2) is 4.68 Å². The maximum atomic E-state index is 12.6. The van der Waals surface area contributed by atoms with Crippen LogP contribution < -0.4 is 5.32 Å². The molecule has 1 N–H and O–H groups in total. The van der Waals surface area contributed by atoms with Gasteiger partial charge in [0.25, 0.3) is 0 Å². The minimum absolute atomic E-state index is 0.0256. The van der Waals surface area contributed by atoms with Crippen LogP contribution in [0.4, 0.5) is 0 Å². The van der Waals surface area contributed by atoms with Crippen molar-refractivity contribution in [3.8, 4) is 0 Å². The third-order valence-electron chi connectivity index (χ3n) is 3.36. The lowest BCUT2D eigenvalue weighted by Crippen LogP contribution is -2.36. The van der Waals surface area contributed by atoms with Gasteiger partial charge >= 0.3 is 0 Å². The highest BCUT2D eigenvalue weighted by atomic mass is 32.2. The molecular weight excluding hydrogens is 324 g/mol. The highest BCUT2D eigenvalue weighted by Gasteiger charge is 2.28. The molecule has 0 fully saturated rings. The summed E-state index contributed by atoms with van der Waals surface area (Å²) in [6.45, 7) is 10.6. The Morgan fingerprint density at radius 3 is 2.71 bits per heavy atom. The van der Waals surface area contributed by atoms with Gasteiger partial charge in [0.05, 0.1) is 10.8 Å². The standard InChI is InChI=1S/C16H24N6OS/c1-11(2)13(14(23)18-10-12-7-6-8-17-9-12)24-15-19-20-21-22(15)16(3,4)5/h6-9,11,13H,10H2,1-5H3,(H,18,23). The normalized spacial score (nSPS) is 13.1. The van der Waals surface area contributed by atoms with Gasteiger partial charge in [-0.05, 0) is 48.7 Å². The first kappa shape index (κ1) is 18.4. The molecule has 8 heteroatoms. The van der Waals surface area contributed by atoms with Crippen LogP contribution in [-0.2, 0) is 16.9 Å². The van der Waals surface area contributed by atoms with Crippen molar-refractivity contribution in [1.82, 2.24) is 30.5 Å². The van der Waals surface area contributed by atoms with Crippen LogP contribution >= 0.6 is 11.8 Å². The Labute approximate surface area is 146 Å². The Balaban J connectivity index is 2.07. The van der Waals surface area contributed by atoms with Crippen molar-refractivity contribution < 1.29 is 4.79 Å². The SMILES string of the molecule is CC(C)C(Sc1nnnn1C(C)(C)C)C(=O)NCc1cccnc1. The number of rotatable bonds is 6. The summed E-state index contributed by atoms with van der Waals surface area (Å²) >= 11 is 1.40. The summed E-state index contributed by atoms with van der Waals surface area (Å²) in [5.74, 6) is 0.122. The molecule has 0 saturated carbocycles. The molecule has 1 amide bonds. The lowest BCUT2D eigenvalue weighted by molar-refractivity contribution is -0.121. The molecule has 7 nitrogen and oxygen atoms in total. The monoisotopic (exact) mass is 348 g/mol. The van der Waals surface area contributed by atoms with Gasteiger partial charge in [0.2, 0.25) is 11.1 Å². The van der Waals surface area contributed by atoms with E-state index in [-0.39, 0.29) is 22.6 Å². The lowest BCUT2D eigenvalue weighted by Gasteiger charge is -2.23. The number of carbonyl (C=O) groups is 1. The summed E-state index contributed by atoms with van der Waals surface area (Å²) in [5, 5.41) is 15.2. The molecule has 2 heterocycles. The van der Waals surface area contributed by atoms with E-state index in [0.717, 1.165) is 5.56 Å². The first-order valence-electron chi connectivity index (χ1n) is 7.91. The fraction of sp³-hybridized carbons (Fsp3) is 0.562. The molecule has 0 aliphatic carbocycles. The van der Waals surface area contributed by atoms with Gasteiger partial charge in [-0.2, -0.15) is 0 Å². The first-order valence-corrected chi connectivity index (χ1v) is 8.79. The van der Waals surface area contributed by atoms with Gasteiger partial charge in [0.1, 0.15) is 0 Å². The third kappa shape index (κ3) is 4.77. The number of thioether (sulfide) groups is 1. The Morgan fingerprint density at radius 1 is 1.38 bits per heavy atom. The Kier molecular flexibility index (Phi) is 5.93. The van der Waals surface area contributed by atoms with E-state index in [9.17, 15) is 4.79 Å². The number of aromatic nitrogens is 5. The van der Waals surface area contributed by atoms with E-state index in [4.69, 9.17) is 0 Å². The van der Waals surface area contributed by atoms with E-state index in [2.05, 4.69) is 25.8 Å². The van der Waals surface area contributed by atoms with E-state index >= 15 is 0 Å². The van der Waals surface area contributed by atoms with Crippen LogP contribution in [0.25, 0.3) is 0 Å². The summed E-state index contributed by atoms with van der Waals surface area (Å²) in [4.78, 5) is 16.7. The number of nitrogens with zero attached hydrogens (tertiary/aromatic N) is 5. The third-order valence-corrected chi connectivity index (χ3v) is 4.84. The average molecular weight is 348 g/mol. The van der Waals surface area contributed by atoms with E-state index in [1.807, 2.05) is 46.8 Å². The van der Waals surface area contributed by atoms with Crippen LogP contribution in [0.5, 0.6) is 0 Å². The van der Waals surface area contributed by atoms with Crippen molar-refractivity contribution in [3.05, 3.63) is 30.1 Å². The minimum Gasteiger partial charge on any atom is -0.351 e. The van der Waals surface area contributed by atoms with Crippen molar-refractivity contribution >= 4 is 17.7 Å². The fourth-order valence-electron chi connectivity index (χ4n) is 2.07. The molecule has 0 bridgehead atoms. The predicted molar refractivity (Wildman–Crippen MR) is 93.4 cm³/mol. The smallest absolute Gasteiger partial charge is 0.234 e. The molecule has 130 valence electrons. The Hall–Kier alpha value is -1.96.